The summed E-state index contributed by atoms with van der Waals surface area (Å²) < 4.78 is 5.63. The zero-order valence-electron chi connectivity index (χ0n) is 18.5. The molecule has 1 heterocycles. The highest BCUT2D eigenvalue weighted by atomic mass is 16.5. The van der Waals surface area contributed by atoms with Crippen LogP contribution in [0.25, 0.3) is 0 Å². The molecule has 6 nitrogen and oxygen atoms in total. The number of carbonyl (C=O) groups is 2. The van der Waals surface area contributed by atoms with Gasteiger partial charge in [0.25, 0.3) is 5.91 Å². The van der Waals surface area contributed by atoms with Crippen molar-refractivity contribution in [2.75, 3.05) is 25.0 Å². The number of amides is 2. The zero-order chi connectivity index (χ0) is 22.1. The van der Waals surface area contributed by atoms with Gasteiger partial charge in [0.1, 0.15) is 5.75 Å². The van der Waals surface area contributed by atoms with Crippen LogP contribution in [0.2, 0.25) is 0 Å². The Kier molecular flexibility index (Phi) is 8.47. The van der Waals surface area contributed by atoms with Gasteiger partial charge in [0, 0.05) is 30.9 Å². The van der Waals surface area contributed by atoms with Crippen molar-refractivity contribution in [2.24, 2.45) is 0 Å². The molecule has 2 N–H and O–H groups in total. The second-order valence-electron chi connectivity index (χ2n) is 8.25. The van der Waals surface area contributed by atoms with E-state index in [1.807, 2.05) is 43.0 Å². The third kappa shape index (κ3) is 7.40. The first-order chi connectivity index (χ1) is 15.0. The number of benzene rings is 2. The first-order valence-electron chi connectivity index (χ1n) is 11.2. The predicted octanol–water partition coefficient (Wildman–Crippen LogP) is 4.22. The van der Waals surface area contributed by atoms with Crippen LogP contribution in [0, 0.1) is 0 Å². The molecule has 166 valence electrons. The van der Waals surface area contributed by atoms with Crippen LogP contribution in [0.3, 0.4) is 0 Å². The number of carbonyl (C=O) groups excluding carboxylic acids is 2. The Hall–Kier alpha value is -2.86. The molecular formula is C25H33N3O3. The number of nitrogens with zero attached hydrogens (tertiary/aromatic N) is 1. The van der Waals surface area contributed by atoms with E-state index in [0.717, 1.165) is 37.2 Å². The Bertz CT molecular complexity index is 839. The Labute approximate surface area is 185 Å². The van der Waals surface area contributed by atoms with E-state index in [4.69, 9.17) is 4.74 Å². The molecule has 1 aliphatic rings. The van der Waals surface area contributed by atoms with Gasteiger partial charge in [-0.3, -0.25) is 9.59 Å². The lowest BCUT2D eigenvalue weighted by atomic mass is 10.1. The lowest BCUT2D eigenvalue weighted by Crippen LogP contribution is -2.31. The summed E-state index contributed by atoms with van der Waals surface area (Å²) in [5, 5.41) is 6.02. The second kappa shape index (κ2) is 11.5. The molecule has 1 fully saturated rings. The molecule has 0 saturated carbocycles. The third-order valence-corrected chi connectivity index (χ3v) is 5.22. The topological polar surface area (TPSA) is 70.7 Å². The van der Waals surface area contributed by atoms with E-state index < -0.39 is 0 Å². The highest BCUT2D eigenvalue weighted by Gasteiger charge is 2.17. The van der Waals surface area contributed by atoms with E-state index in [1.54, 1.807) is 24.3 Å². The van der Waals surface area contributed by atoms with Crippen LogP contribution in [0.1, 0.15) is 55.5 Å². The van der Waals surface area contributed by atoms with Crippen molar-refractivity contribution in [3.8, 4) is 5.75 Å². The number of nitrogens with one attached hydrogen (secondary N) is 2. The lowest BCUT2D eigenvalue weighted by molar-refractivity contribution is -0.115. The van der Waals surface area contributed by atoms with E-state index in [-0.39, 0.29) is 24.5 Å². The molecule has 2 amide bonds. The molecule has 2 aromatic rings. The summed E-state index contributed by atoms with van der Waals surface area (Å²) in [5.41, 5.74) is 2.44. The highest BCUT2D eigenvalue weighted by Crippen LogP contribution is 2.16. The maximum atomic E-state index is 12.7. The predicted molar refractivity (Wildman–Crippen MR) is 123 cm³/mol. The molecule has 0 radical (unpaired) electrons. The van der Waals surface area contributed by atoms with Crippen molar-refractivity contribution >= 4 is 17.5 Å². The summed E-state index contributed by atoms with van der Waals surface area (Å²) in [6.45, 7) is 6.45. The SMILES string of the molecule is CC(C)Oc1ccc(CNCC(=O)Nc2ccc(C(=O)N3CCCCCC3)cc2)cc1. The summed E-state index contributed by atoms with van der Waals surface area (Å²) in [6, 6.07) is 15.0. The third-order valence-electron chi connectivity index (χ3n) is 5.22. The van der Waals surface area contributed by atoms with Crippen molar-refractivity contribution in [3.63, 3.8) is 0 Å². The number of ether oxygens (including phenoxy) is 1. The van der Waals surface area contributed by atoms with Gasteiger partial charge in [0.15, 0.2) is 0 Å². The van der Waals surface area contributed by atoms with E-state index >= 15 is 0 Å². The minimum atomic E-state index is -0.119. The molecule has 31 heavy (non-hydrogen) atoms. The summed E-state index contributed by atoms with van der Waals surface area (Å²) in [4.78, 5) is 26.8. The molecule has 1 aliphatic heterocycles. The van der Waals surface area contributed by atoms with Crippen molar-refractivity contribution in [2.45, 2.75) is 52.2 Å². The standard InChI is InChI=1S/C25H33N3O3/c1-19(2)31-23-13-7-20(8-14-23)17-26-18-24(29)27-22-11-9-21(10-12-22)25(30)28-15-5-3-4-6-16-28/h7-14,19,26H,3-6,15-18H2,1-2H3,(H,27,29). The molecule has 0 unspecified atom stereocenters. The fourth-order valence-corrected chi connectivity index (χ4v) is 3.64. The Morgan fingerprint density at radius 1 is 0.935 bits per heavy atom. The van der Waals surface area contributed by atoms with Gasteiger partial charge in [0.05, 0.1) is 12.6 Å². The molecule has 0 spiro atoms. The summed E-state index contributed by atoms with van der Waals surface area (Å²) in [5.74, 6) is 0.798. The maximum absolute atomic E-state index is 12.7. The minimum Gasteiger partial charge on any atom is -0.491 e. The number of hydrogen-bond acceptors (Lipinski definition) is 4. The summed E-state index contributed by atoms with van der Waals surface area (Å²) in [6.07, 6.45) is 4.68. The van der Waals surface area contributed by atoms with E-state index in [9.17, 15) is 9.59 Å². The normalized spacial score (nSPS) is 14.2. The van der Waals surface area contributed by atoms with Crippen LogP contribution < -0.4 is 15.4 Å². The molecule has 2 aromatic carbocycles. The minimum absolute atomic E-state index is 0.0752. The van der Waals surface area contributed by atoms with Gasteiger partial charge in [-0.1, -0.05) is 25.0 Å². The Morgan fingerprint density at radius 2 is 1.58 bits per heavy atom. The van der Waals surface area contributed by atoms with Crippen molar-refractivity contribution in [1.29, 1.82) is 0 Å². The fourth-order valence-electron chi connectivity index (χ4n) is 3.64. The molecule has 0 atom stereocenters. The molecular weight excluding hydrogens is 390 g/mol. The average Bonchev–Trinajstić information content (AvgIpc) is 3.04. The molecule has 6 heteroatoms. The van der Waals surface area contributed by atoms with E-state index in [2.05, 4.69) is 10.6 Å². The molecule has 3 rings (SSSR count). The van der Waals surface area contributed by atoms with Crippen LogP contribution in [0.15, 0.2) is 48.5 Å². The van der Waals surface area contributed by atoms with E-state index in [1.165, 1.54) is 12.8 Å². The van der Waals surface area contributed by atoms with Crippen LogP contribution >= 0.6 is 0 Å². The Balaban J connectivity index is 1.42. The zero-order valence-corrected chi connectivity index (χ0v) is 18.5. The maximum Gasteiger partial charge on any atom is 0.253 e. The fraction of sp³-hybridized carbons (Fsp3) is 0.440. The molecule has 0 bridgehead atoms. The van der Waals surface area contributed by atoms with Crippen LogP contribution in [-0.2, 0) is 11.3 Å². The van der Waals surface area contributed by atoms with Gasteiger partial charge in [-0.05, 0) is 68.7 Å². The molecule has 0 aromatic heterocycles. The van der Waals surface area contributed by atoms with Gasteiger partial charge in [-0.2, -0.15) is 0 Å². The molecule has 1 saturated heterocycles. The smallest absolute Gasteiger partial charge is 0.253 e. The number of likely N-dealkylation sites (tertiary alicyclic amines) is 1. The quantitative estimate of drug-likeness (QED) is 0.667. The van der Waals surface area contributed by atoms with Crippen molar-refractivity contribution < 1.29 is 14.3 Å². The summed E-state index contributed by atoms with van der Waals surface area (Å²) in [7, 11) is 0. The van der Waals surface area contributed by atoms with Crippen molar-refractivity contribution in [3.05, 3.63) is 59.7 Å². The molecule has 0 aliphatic carbocycles. The number of hydrogen-bond donors (Lipinski definition) is 2. The van der Waals surface area contributed by atoms with E-state index in [0.29, 0.717) is 17.8 Å². The van der Waals surface area contributed by atoms with Gasteiger partial charge < -0.3 is 20.3 Å². The monoisotopic (exact) mass is 423 g/mol. The number of rotatable bonds is 8. The first kappa shape index (κ1) is 22.8. The average molecular weight is 424 g/mol. The van der Waals surface area contributed by atoms with Gasteiger partial charge in [-0.25, -0.2) is 0 Å². The van der Waals surface area contributed by atoms with Gasteiger partial charge in [0.2, 0.25) is 5.91 Å². The van der Waals surface area contributed by atoms with Crippen LogP contribution in [-0.4, -0.2) is 42.5 Å². The van der Waals surface area contributed by atoms with Gasteiger partial charge >= 0.3 is 0 Å². The van der Waals surface area contributed by atoms with Crippen LogP contribution in [0.4, 0.5) is 5.69 Å². The Morgan fingerprint density at radius 3 is 2.19 bits per heavy atom. The van der Waals surface area contributed by atoms with Crippen LogP contribution in [0.5, 0.6) is 5.75 Å². The van der Waals surface area contributed by atoms with Gasteiger partial charge in [-0.15, -0.1) is 0 Å². The van der Waals surface area contributed by atoms with Crippen molar-refractivity contribution in [1.82, 2.24) is 10.2 Å². The number of anilines is 1. The first-order valence-corrected chi connectivity index (χ1v) is 11.2. The second-order valence-corrected chi connectivity index (χ2v) is 8.25. The summed E-state index contributed by atoms with van der Waals surface area (Å²) >= 11 is 0. The highest BCUT2D eigenvalue weighted by molar-refractivity contribution is 5.96. The largest absolute Gasteiger partial charge is 0.491 e. The lowest BCUT2D eigenvalue weighted by Gasteiger charge is -2.20.